The first-order valence-corrected chi connectivity index (χ1v) is 10.3. The lowest BCUT2D eigenvalue weighted by Crippen LogP contribution is -2.27. The summed E-state index contributed by atoms with van der Waals surface area (Å²) in [4.78, 5) is 51.9. The van der Waals surface area contributed by atoms with E-state index in [0.29, 0.717) is 37.3 Å². The lowest BCUT2D eigenvalue weighted by molar-refractivity contribution is -0.119. The van der Waals surface area contributed by atoms with Crippen molar-refractivity contribution < 1.29 is 23.9 Å². The van der Waals surface area contributed by atoms with Crippen LogP contribution in [0.25, 0.3) is 0 Å². The van der Waals surface area contributed by atoms with E-state index in [4.69, 9.17) is 4.74 Å². The van der Waals surface area contributed by atoms with Gasteiger partial charge in [-0.3, -0.25) is 14.4 Å². The fourth-order valence-corrected chi connectivity index (χ4v) is 3.84. The molecule has 0 aromatic heterocycles. The predicted octanol–water partition coefficient (Wildman–Crippen LogP) is 2.74. The Morgan fingerprint density at radius 2 is 1.52 bits per heavy atom. The number of ether oxygens (including phenoxy) is 1. The Bertz CT molecular complexity index is 1020. The van der Waals surface area contributed by atoms with Crippen LogP contribution in [0.4, 0.5) is 17.1 Å². The first-order valence-electron chi connectivity index (χ1n) is 10.3. The van der Waals surface area contributed by atoms with E-state index in [2.05, 4.69) is 5.32 Å². The molecule has 31 heavy (non-hydrogen) atoms. The number of para-hydroxylation sites is 1. The summed E-state index contributed by atoms with van der Waals surface area (Å²) < 4.78 is 5.17. The lowest BCUT2D eigenvalue weighted by atomic mass is 10.1. The molecule has 2 heterocycles. The number of anilines is 3. The molecule has 0 unspecified atom stereocenters. The Labute approximate surface area is 179 Å². The zero-order chi connectivity index (χ0) is 21.8. The summed E-state index contributed by atoms with van der Waals surface area (Å²) in [6, 6.07) is 13.7. The van der Waals surface area contributed by atoms with Crippen LogP contribution in [-0.4, -0.2) is 43.4 Å². The van der Waals surface area contributed by atoms with Gasteiger partial charge in [-0.1, -0.05) is 12.1 Å². The fraction of sp³-hybridized carbons (Fsp3) is 0.304. The minimum atomic E-state index is -0.659. The number of amides is 3. The van der Waals surface area contributed by atoms with Gasteiger partial charge in [0.15, 0.2) is 6.61 Å². The van der Waals surface area contributed by atoms with Gasteiger partial charge in [-0.25, -0.2) is 4.79 Å². The van der Waals surface area contributed by atoms with Gasteiger partial charge in [0.2, 0.25) is 11.8 Å². The third-order valence-electron chi connectivity index (χ3n) is 5.36. The Balaban J connectivity index is 1.34. The van der Waals surface area contributed by atoms with Gasteiger partial charge in [0.25, 0.3) is 5.91 Å². The average molecular weight is 421 g/mol. The number of nitrogens with one attached hydrogen (secondary N) is 1. The molecular formula is C23H23N3O5. The van der Waals surface area contributed by atoms with E-state index in [1.807, 2.05) is 0 Å². The van der Waals surface area contributed by atoms with Gasteiger partial charge in [-0.15, -0.1) is 0 Å². The highest BCUT2D eigenvalue weighted by molar-refractivity contribution is 6.04. The number of carbonyl (C=O) groups is 4. The highest BCUT2D eigenvalue weighted by Crippen LogP contribution is 2.26. The van der Waals surface area contributed by atoms with E-state index < -0.39 is 18.5 Å². The van der Waals surface area contributed by atoms with Crippen LogP contribution in [0, 0.1) is 0 Å². The zero-order valence-electron chi connectivity index (χ0n) is 17.0. The van der Waals surface area contributed by atoms with Crippen LogP contribution in [-0.2, 0) is 19.1 Å². The molecule has 0 saturated carbocycles. The quantitative estimate of drug-likeness (QED) is 0.724. The smallest absolute Gasteiger partial charge is 0.340 e. The molecule has 0 radical (unpaired) electrons. The summed E-state index contributed by atoms with van der Waals surface area (Å²) in [6.07, 6.45) is 2.60. The van der Waals surface area contributed by atoms with Crippen LogP contribution in [0.2, 0.25) is 0 Å². The summed E-state index contributed by atoms with van der Waals surface area (Å²) in [5.74, 6) is -1.07. The topological polar surface area (TPSA) is 96.0 Å². The third-order valence-corrected chi connectivity index (χ3v) is 5.36. The van der Waals surface area contributed by atoms with Gasteiger partial charge < -0.3 is 19.9 Å². The standard InChI is InChI=1S/C23H23N3O5/c27-20(24-16-9-11-17(12-10-16)25-13-3-7-21(25)28)15-31-23(30)18-5-1-2-6-19(18)26-14-4-8-22(26)29/h1-2,5-6,9-12H,3-4,7-8,13-15H2,(H,24,27). The van der Waals surface area contributed by atoms with Gasteiger partial charge in [0, 0.05) is 37.3 Å². The van der Waals surface area contributed by atoms with Gasteiger partial charge in [0.05, 0.1) is 11.3 Å². The molecule has 2 aromatic rings. The van der Waals surface area contributed by atoms with Crippen molar-refractivity contribution in [2.45, 2.75) is 25.7 Å². The van der Waals surface area contributed by atoms with E-state index >= 15 is 0 Å². The molecule has 8 nitrogen and oxygen atoms in total. The fourth-order valence-electron chi connectivity index (χ4n) is 3.84. The van der Waals surface area contributed by atoms with E-state index in [1.165, 1.54) is 0 Å². The number of carbonyl (C=O) groups excluding carboxylic acids is 4. The van der Waals surface area contributed by atoms with Crippen LogP contribution in [0.5, 0.6) is 0 Å². The Kier molecular flexibility index (Phi) is 5.97. The number of benzene rings is 2. The van der Waals surface area contributed by atoms with Crippen molar-refractivity contribution in [1.82, 2.24) is 0 Å². The maximum absolute atomic E-state index is 12.5. The molecule has 2 aromatic carbocycles. The van der Waals surface area contributed by atoms with Gasteiger partial charge in [0.1, 0.15) is 0 Å². The zero-order valence-corrected chi connectivity index (χ0v) is 17.0. The molecule has 0 spiro atoms. The second-order valence-corrected chi connectivity index (χ2v) is 7.49. The maximum Gasteiger partial charge on any atom is 0.340 e. The molecule has 1 N–H and O–H groups in total. The molecule has 2 saturated heterocycles. The predicted molar refractivity (Wildman–Crippen MR) is 115 cm³/mol. The molecule has 2 fully saturated rings. The molecule has 4 rings (SSSR count). The van der Waals surface area contributed by atoms with Crippen molar-refractivity contribution >= 4 is 40.8 Å². The van der Waals surface area contributed by atoms with E-state index in [0.717, 1.165) is 18.5 Å². The molecule has 2 aliphatic rings. The minimum absolute atomic E-state index is 0.0305. The van der Waals surface area contributed by atoms with Crippen LogP contribution in [0.15, 0.2) is 48.5 Å². The van der Waals surface area contributed by atoms with Crippen molar-refractivity contribution in [2.24, 2.45) is 0 Å². The highest BCUT2D eigenvalue weighted by Gasteiger charge is 2.26. The Morgan fingerprint density at radius 1 is 0.871 bits per heavy atom. The SMILES string of the molecule is O=C(COC(=O)c1ccccc1N1CCCC1=O)Nc1ccc(N2CCCC2=O)cc1. The van der Waals surface area contributed by atoms with E-state index in [9.17, 15) is 19.2 Å². The van der Waals surface area contributed by atoms with E-state index in [1.54, 1.807) is 58.3 Å². The maximum atomic E-state index is 12.5. The van der Waals surface area contributed by atoms with Crippen molar-refractivity contribution in [1.29, 1.82) is 0 Å². The van der Waals surface area contributed by atoms with Crippen LogP contribution >= 0.6 is 0 Å². The van der Waals surface area contributed by atoms with E-state index in [-0.39, 0.29) is 17.4 Å². The van der Waals surface area contributed by atoms with Gasteiger partial charge in [-0.05, 0) is 49.2 Å². The number of hydrogen-bond acceptors (Lipinski definition) is 5. The van der Waals surface area contributed by atoms with Gasteiger partial charge in [-0.2, -0.15) is 0 Å². The number of hydrogen-bond donors (Lipinski definition) is 1. The summed E-state index contributed by atoms with van der Waals surface area (Å²) in [7, 11) is 0. The number of nitrogens with zero attached hydrogens (tertiary/aromatic N) is 2. The Hall–Kier alpha value is -3.68. The molecule has 8 heteroatoms. The third kappa shape index (κ3) is 4.58. The second-order valence-electron chi connectivity index (χ2n) is 7.49. The summed E-state index contributed by atoms with van der Waals surface area (Å²) in [5.41, 5.74) is 2.09. The van der Waals surface area contributed by atoms with Crippen LogP contribution < -0.4 is 15.1 Å². The molecule has 160 valence electrons. The van der Waals surface area contributed by atoms with Crippen LogP contribution in [0.3, 0.4) is 0 Å². The second kappa shape index (κ2) is 8.99. The lowest BCUT2D eigenvalue weighted by Gasteiger charge is -2.18. The summed E-state index contributed by atoms with van der Waals surface area (Å²) in [5, 5.41) is 2.67. The molecule has 3 amide bonds. The molecule has 0 aliphatic carbocycles. The summed E-state index contributed by atoms with van der Waals surface area (Å²) >= 11 is 0. The van der Waals surface area contributed by atoms with Crippen LogP contribution in [0.1, 0.15) is 36.0 Å². The minimum Gasteiger partial charge on any atom is -0.452 e. The molecular weight excluding hydrogens is 398 g/mol. The molecule has 2 aliphatic heterocycles. The average Bonchev–Trinajstić information content (AvgIpc) is 3.40. The largest absolute Gasteiger partial charge is 0.452 e. The van der Waals surface area contributed by atoms with Crippen molar-refractivity contribution in [3.05, 3.63) is 54.1 Å². The molecule has 0 atom stereocenters. The molecule has 0 bridgehead atoms. The summed E-state index contributed by atoms with van der Waals surface area (Å²) in [6.45, 7) is 0.807. The van der Waals surface area contributed by atoms with Crippen molar-refractivity contribution in [3.63, 3.8) is 0 Å². The first kappa shape index (κ1) is 20.6. The monoisotopic (exact) mass is 421 g/mol. The number of esters is 1. The Morgan fingerprint density at radius 3 is 2.16 bits per heavy atom. The normalized spacial score (nSPS) is 16.0. The number of rotatable bonds is 6. The van der Waals surface area contributed by atoms with Crippen molar-refractivity contribution in [2.75, 3.05) is 34.8 Å². The highest BCUT2D eigenvalue weighted by atomic mass is 16.5. The van der Waals surface area contributed by atoms with Crippen molar-refractivity contribution in [3.8, 4) is 0 Å². The van der Waals surface area contributed by atoms with Gasteiger partial charge >= 0.3 is 5.97 Å². The first-order chi connectivity index (χ1) is 15.0.